The highest BCUT2D eigenvalue weighted by molar-refractivity contribution is 5.94. The number of carbonyl (C=O) groups excluding carboxylic acids is 1. The van der Waals surface area contributed by atoms with Gasteiger partial charge in [-0.15, -0.1) is 0 Å². The molecule has 0 bridgehead atoms. The van der Waals surface area contributed by atoms with Gasteiger partial charge in [-0.3, -0.25) is 4.79 Å². The maximum atomic E-state index is 11.3. The second-order valence-corrected chi connectivity index (χ2v) is 5.25. The highest BCUT2D eigenvalue weighted by Gasteiger charge is 2.07. The van der Waals surface area contributed by atoms with Crippen molar-refractivity contribution in [1.82, 2.24) is 5.32 Å². The first kappa shape index (κ1) is 16.0. The molecule has 1 heterocycles. The molecule has 0 radical (unpaired) electrons. The Morgan fingerprint density at radius 3 is 2.41 bits per heavy atom. The van der Waals surface area contributed by atoms with Gasteiger partial charge in [0.25, 0.3) is 5.91 Å². The number of hydrogen-bond donors (Lipinski definition) is 2. The summed E-state index contributed by atoms with van der Waals surface area (Å²) in [4.78, 5) is 11.3. The number of hydrogen-bond acceptors (Lipinski definition) is 3. The molecular formula is C18H21NO3. The van der Waals surface area contributed by atoms with Crippen LogP contribution in [0.5, 0.6) is 0 Å². The van der Waals surface area contributed by atoms with Crippen molar-refractivity contribution in [2.45, 2.75) is 25.9 Å². The lowest BCUT2D eigenvalue weighted by molar-refractivity contribution is 0.0963. The van der Waals surface area contributed by atoms with E-state index in [0.717, 1.165) is 24.2 Å². The van der Waals surface area contributed by atoms with E-state index in [0.29, 0.717) is 5.56 Å². The van der Waals surface area contributed by atoms with Gasteiger partial charge in [0.05, 0.1) is 12.4 Å². The Bertz CT molecular complexity index is 627. The number of aliphatic hydroxyl groups excluding tert-OH is 1. The number of benzene rings is 1. The molecule has 1 aromatic carbocycles. The van der Waals surface area contributed by atoms with E-state index in [-0.39, 0.29) is 12.0 Å². The molecule has 1 amide bonds. The predicted molar refractivity (Wildman–Crippen MR) is 86.5 cm³/mol. The first-order valence-corrected chi connectivity index (χ1v) is 7.31. The Kier molecular flexibility index (Phi) is 5.55. The van der Waals surface area contributed by atoms with E-state index in [1.54, 1.807) is 25.4 Å². The van der Waals surface area contributed by atoms with E-state index in [1.807, 2.05) is 30.3 Å². The Balaban J connectivity index is 0.000000211. The number of carbonyl (C=O) groups is 1. The molecule has 4 heteroatoms. The van der Waals surface area contributed by atoms with Crippen LogP contribution >= 0.6 is 0 Å². The molecule has 0 saturated carbocycles. The molecule has 3 rings (SSSR count). The molecule has 116 valence electrons. The van der Waals surface area contributed by atoms with Gasteiger partial charge < -0.3 is 14.8 Å². The van der Waals surface area contributed by atoms with E-state index in [4.69, 9.17) is 9.52 Å². The van der Waals surface area contributed by atoms with Crippen molar-refractivity contribution >= 4 is 5.91 Å². The molecule has 4 nitrogen and oxygen atoms in total. The quantitative estimate of drug-likeness (QED) is 0.835. The zero-order valence-electron chi connectivity index (χ0n) is 12.9. The number of aliphatic hydroxyl groups is 1. The molecule has 0 spiro atoms. The van der Waals surface area contributed by atoms with Gasteiger partial charge >= 0.3 is 0 Å². The van der Waals surface area contributed by atoms with Gasteiger partial charge in [0.15, 0.2) is 0 Å². The van der Waals surface area contributed by atoms with Gasteiger partial charge in [-0.05, 0) is 44.0 Å². The molecule has 1 aromatic heterocycles. The minimum atomic E-state index is -0.139. The molecule has 1 aliphatic carbocycles. The van der Waals surface area contributed by atoms with Crippen LogP contribution in [0, 0.1) is 0 Å². The van der Waals surface area contributed by atoms with Crippen molar-refractivity contribution in [3.05, 3.63) is 59.9 Å². The summed E-state index contributed by atoms with van der Waals surface area (Å²) in [7, 11) is 1.61. The van der Waals surface area contributed by atoms with E-state index >= 15 is 0 Å². The van der Waals surface area contributed by atoms with Crippen LogP contribution in [-0.2, 0) is 0 Å². The highest BCUT2D eigenvalue weighted by Crippen LogP contribution is 2.19. The van der Waals surface area contributed by atoms with E-state index in [9.17, 15) is 4.79 Å². The highest BCUT2D eigenvalue weighted by atomic mass is 16.3. The maximum absolute atomic E-state index is 11.3. The van der Waals surface area contributed by atoms with Gasteiger partial charge in [0, 0.05) is 18.2 Å². The first-order valence-electron chi connectivity index (χ1n) is 7.31. The Morgan fingerprint density at radius 1 is 1.27 bits per heavy atom. The van der Waals surface area contributed by atoms with Crippen molar-refractivity contribution in [3.63, 3.8) is 0 Å². The second-order valence-electron chi connectivity index (χ2n) is 5.25. The molecule has 0 aliphatic heterocycles. The molecule has 0 fully saturated rings. The summed E-state index contributed by atoms with van der Waals surface area (Å²) in [5.74, 6) is 0.722. The topological polar surface area (TPSA) is 62.5 Å². The average molecular weight is 299 g/mol. The fourth-order valence-corrected chi connectivity index (χ4v) is 2.24. The summed E-state index contributed by atoms with van der Waals surface area (Å²) < 4.78 is 5.25. The molecule has 2 N–H and O–H groups in total. The maximum Gasteiger partial charge on any atom is 0.251 e. The molecule has 1 aliphatic rings. The zero-order chi connectivity index (χ0) is 15.9. The Labute approximate surface area is 130 Å². The van der Waals surface area contributed by atoms with Crippen molar-refractivity contribution in [2.24, 2.45) is 0 Å². The van der Waals surface area contributed by atoms with Crippen LogP contribution < -0.4 is 5.32 Å². The van der Waals surface area contributed by atoms with Crippen LogP contribution in [-0.4, -0.2) is 24.2 Å². The van der Waals surface area contributed by atoms with Gasteiger partial charge in [0.2, 0.25) is 0 Å². The predicted octanol–water partition coefficient (Wildman–Crippen LogP) is 3.39. The smallest absolute Gasteiger partial charge is 0.251 e. The Morgan fingerprint density at radius 2 is 2.00 bits per heavy atom. The van der Waals surface area contributed by atoms with Crippen LogP contribution in [0.3, 0.4) is 0 Å². The number of rotatable bonds is 2. The van der Waals surface area contributed by atoms with Gasteiger partial charge in [-0.25, -0.2) is 0 Å². The van der Waals surface area contributed by atoms with Crippen molar-refractivity contribution in [1.29, 1.82) is 0 Å². The molecular weight excluding hydrogens is 278 g/mol. The molecule has 1 atom stereocenters. The number of nitrogens with one attached hydrogen (secondary N) is 1. The summed E-state index contributed by atoms with van der Waals surface area (Å²) in [6.07, 6.45) is 5.43. The van der Waals surface area contributed by atoms with Crippen molar-refractivity contribution in [2.75, 3.05) is 7.05 Å². The normalized spacial score (nSPS) is 16.5. The summed E-state index contributed by atoms with van der Waals surface area (Å²) in [5, 5.41) is 11.4. The first-order chi connectivity index (χ1) is 10.6. The standard InChI is InChI=1S/C12H11NO2.C6H10O/c1-13-12(14)10-6-4-9(5-7-10)11-3-2-8-15-11;1-5-2-3-6(7)4-5/h2-8H,1H3,(H,13,14);4,6-7H,2-3H2,1H3. The minimum Gasteiger partial charge on any atom is -0.464 e. The monoisotopic (exact) mass is 299 g/mol. The van der Waals surface area contributed by atoms with Crippen LogP contribution in [0.15, 0.2) is 58.7 Å². The summed E-state index contributed by atoms with van der Waals surface area (Å²) in [6.45, 7) is 2.05. The Hall–Kier alpha value is -2.33. The zero-order valence-corrected chi connectivity index (χ0v) is 12.9. The fourth-order valence-electron chi connectivity index (χ4n) is 2.24. The van der Waals surface area contributed by atoms with Gasteiger partial charge in [0.1, 0.15) is 5.76 Å². The second kappa shape index (κ2) is 7.61. The summed E-state index contributed by atoms with van der Waals surface area (Å²) in [6, 6.07) is 11.0. The minimum absolute atomic E-state index is 0.0824. The van der Waals surface area contributed by atoms with Crippen LogP contribution in [0.2, 0.25) is 0 Å². The van der Waals surface area contributed by atoms with Crippen molar-refractivity contribution < 1.29 is 14.3 Å². The SMILES string of the molecule is CC1=CC(O)CC1.CNC(=O)c1ccc(-c2ccco2)cc1. The molecule has 22 heavy (non-hydrogen) atoms. The lowest BCUT2D eigenvalue weighted by Gasteiger charge is -2.00. The molecule has 0 saturated heterocycles. The largest absolute Gasteiger partial charge is 0.464 e. The van der Waals surface area contributed by atoms with Gasteiger partial charge in [-0.2, -0.15) is 0 Å². The molecule has 1 unspecified atom stereocenters. The summed E-state index contributed by atoms with van der Waals surface area (Å²) >= 11 is 0. The van der Waals surface area contributed by atoms with Crippen LogP contribution in [0.25, 0.3) is 11.3 Å². The fraction of sp³-hybridized carbons (Fsp3) is 0.278. The van der Waals surface area contributed by atoms with Crippen LogP contribution in [0.4, 0.5) is 0 Å². The summed E-state index contributed by atoms with van der Waals surface area (Å²) in [5.41, 5.74) is 2.94. The van der Waals surface area contributed by atoms with E-state index in [1.165, 1.54) is 5.57 Å². The lowest BCUT2D eigenvalue weighted by atomic mass is 10.1. The number of furan rings is 1. The van der Waals surface area contributed by atoms with Gasteiger partial charge in [-0.1, -0.05) is 23.8 Å². The lowest BCUT2D eigenvalue weighted by Crippen LogP contribution is -2.17. The van der Waals surface area contributed by atoms with E-state index < -0.39 is 0 Å². The van der Waals surface area contributed by atoms with Crippen LogP contribution in [0.1, 0.15) is 30.1 Å². The third-order valence-corrected chi connectivity index (χ3v) is 3.49. The third kappa shape index (κ3) is 4.33. The van der Waals surface area contributed by atoms with Crippen molar-refractivity contribution in [3.8, 4) is 11.3 Å². The molecule has 2 aromatic rings. The third-order valence-electron chi connectivity index (χ3n) is 3.49. The number of allylic oxidation sites excluding steroid dienone is 1. The van der Waals surface area contributed by atoms with E-state index in [2.05, 4.69) is 12.2 Å². The number of amides is 1. The average Bonchev–Trinajstić information content (AvgIpc) is 3.19.